The summed E-state index contributed by atoms with van der Waals surface area (Å²) in [5.74, 6) is 1.63. The van der Waals surface area contributed by atoms with E-state index in [1.165, 1.54) is 0 Å². The van der Waals surface area contributed by atoms with E-state index in [0.717, 1.165) is 52.2 Å². The molecule has 26 heavy (non-hydrogen) atoms. The molecule has 5 nitrogen and oxygen atoms in total. The van der Waals surface area contributed by atoms with E-state index in [9.17, 15) is 0 Å². The molecule has 0 aliphatic rings. The maximum Gasteiger partial charge on any atom is 0.167 e. The molecule has 0 unspecified atom stereocenters. The zero-order valence-corrected chi connectivity index (χ0v) is 15.3. The minimum atomic E-state index is 0.627. The van der Waals surface area contributed by atoms with Gasteiger partial charge >= 0.3 is 0 Å². The fraction of sp³-hybridized carbons (Fsp3) is 0.200. The maximum atomic E-state index is 6.19. The number of aromatic nitrogens is 3. The summed E-state index contributed by atoms with van der Waals surface area (Å²) in [4.78, 5) is 7.90. The van der Waals surface area contributed by atoms with E-state index in [4.69, 9.17) is 20.9 Å². The van der Waals surface area contributed by atoms with E-state index < -0.39 is 0 Å². The number of rotatable bonds is 5. The molecule has 0 amide bonds. The van der Waals surface area contributed by atoms with Crippen molar-refractivity contribution in [2.24, 2.45) is 0 Å². The maximum absolute atomic E-state index is 6.19. The van der Waals surface area contributed by atoms with E-state index in [1.54, 1.807) is 7.11 Å². The topological polar surface area (TPSA) is 63.9 Å². The summed E-state index contributed by atoms with van der Waals surface area (Å²) in [7, 11) is 1.61. The number of aryl methyl sites for hydroxylation is 3. The van der Waals surface area contributed by atoms with Gasteiger partial charge in [0.2, 0.25) is 0 Å². The number of benzene rings is 2. The molecule has 0 saturated heterocycles. The smallest absolute Gasteiger partial charge is 0.167 e. The molecular weight excluding hydrogens is 350 g/mol. The largest absolute Gasteiger partial charge is 0.495 e. The molecule has 4 rings (SSSR count). The van der Waals surface area contributed by atoms with E-state index in [-0.39, 0.29) is 0 Å². The first-order valence-corrected chi connectivity index (χ1v) is 8.74. The molecule has 0 atom stereocenters. The Balaban J connectivity index is 1.50. The van der Waals surface area contributed by atoms with Crippen LogP contribution in [0.15, 0.2) is 47.1 Å². The highest BCUT2D eigenvalue weighted by Crippen LogP contribution is 2.27. The molecule has 0 spiro atoms. The number of nitrogens with zero attached hydrogens (tertiary/aromatic N) is 2. The van der Waals surface area contributed by atoms with Crippen LogP contribution in [0.4, 0.5) is 0 Å². The van der Waals surface area contributed by atoms with Crippen molar-refractivity contribution in [3.63, 3.8) is 0 Å². The van der Waals surface area contributed by atoms with Crippen LogP contribution in [-0.4, -0.2) is 22.2 Å². The minimum absolute atomic E-state index is 0.627. The monoisotopic (exact) mass is 367 g/mol. The molecular formula is C20H18ClN3O2. The van der Waals surface area contributed by atoms with Gasteiger partial charge in [-0.1, -0.05) is 22.8 Å². The van der Waals surface area contributed by atoms with Gasteiger partial charge in [-0.3, -0.25) is 0 Å². The predicted octanol–water partition coefficient (Wildman–Crippen LogP) is 4.97. The van der Waals surface area contributed by atoms with Crippen LogP contribution in [-0.2, 0) is 12.8 Å². The molecule has 4 aromatic rings. The van der Waals surface area contributed by atoms with E-state index >= 15 is 0 Å². The first kappa shape index (κ1) is 16.7. The second-order valence-corrected chi connectivity index (χ2v) is 6.60. The lowest BCUT2D eigenvalue weighted by Crippen LogP contribution is -1.94. The summed E-state index contributed by atoms with van der Waals surface area (Å²) in [6.07, 6.45) is 3.51. The van der Waals surface area contributed by atoms with E-state index in [1.807, 2.05) is 43.5 Å². The molecule has 6 heteroatoms. The van der Waals surface area contributed by atoms with Crippen molar-refractivity contribution in [3.8, 4) is 17.0 Å². The van der Waals surface area contributed by atoms with Gasteiger partial charge < -0.3 is 14.2 Å². The van der Waals surface area contributed by atoms with Crippen LogP contribution in [0, 0.1) is 6.92 Å². The number of ether oxygens (including phenoxy) is 1. The van der Waals surface area contributed by atoms with Gasteiger partial charge in [0.15, 0.2) is 5.58 Å². The Kier molecular flexibility index (Phi) is 4.39. The van der Waals surface area contributed by atoms with Crippen LogP contribution < -0.4 is 4.74 Å². The van der Waals surface area contributed by atoms with Crippen LogP contribution in [0.5, 0.6) is 5.75 Å². The molecule has 0 fully saturated rings. The number of fused-ring (bicyclic) bond motifs is 1. The summed E-state index contributed by atoms with van der Waals surface area (Å²) < 4.78 is 10.4. The number of halogens is 1. The van der Waals surface area contributed by atoms with Gasteiger partial charge in [-0.05, 0) is 49.2 Å². The van der Waals surface area contributed by atoms with Gasteiger partial charge in [-0.25, -0.2) is 4.98 Å². The standard InChI is InChI=1S/C20H18ClN3O2/c1-12-15-10-14(5-7-18(15)26-24-12)17-11-22-20(23-17)8-4-13-3-6-19(25-2)16(21)9-13/h3,5-7,9-11H,4,8H2,1-2H3,(H,22,23). The number of hydrogen-bond acceptors (Lipinski definition) is 4. The number of H-pyrrole nitrogens is 1. The molecule has 2 aromatic heterocycles. The van der Waals surface area contributed by atoms with Crippen molar-refractivity contribution in [2.75, 3.05) is 7.11 Å². The molecule has 0 bridgehead atoms. The lowest BCUT2D eigenvalue weighted by molar-refractivity contribution is 0.415. The Morgan fingerprint density at radius 3 is 2.85 bits per heavy atom. The second-order valence-electron chi connectivity index (χ2n) is 6.19. The molecule has 1 N–H and O–H groups in total. The average Bonchev–Trinajstić information content (AvgIpc) is 3.27. The Morgan fingerprint density at radius 1 is 1.15 bits per heavy atom. The number of methoxy groups -OCH3 is 1. The van der Waals surface area contributed by atoms with Crippen molar-refractivity contribution in [1.82, 2.24) is 15.1 Å². The second kappa shape index (κ2) is 6.84. The van der Waals surface area contributed by atoms with E-state index in [2.05, 4.69) is 21.2 Å². The lowest BCUT2D eigenvalue weighted by atomic mass is 10.1. The van der Waals surface area contributed by atoms with Crippen LogP contribution in [0.3, 0.4) is 0 Å². The fourth-order valence-electron chi connectivity index (χ4n) is 2.99. The highest BCUT2D eigenvalue weighted by Gasteiger charge is 2.09. The van der Waals surface area contributed by atoms with Crippen molar-refractivity contribution >= 4 is 22.6 Å². The third-order valence-electron chi connectivity index (χ3n) is 4.46. The Bertz CT molecular complexity index is 1070. The Morgan fingerprint density at radius 2 is 2.04 bits per heavy atom. The number of imidazole rings is 1. The first-order valence-electron chi connectivity index (χ1n) is 8.37. The summed E-state index contributed by atoms with van der Waals surface area (Å²) in [6, 6.07) is 11.9. The molecule has 132 valence electrons. The number of aromatic amines is 1. The molecule has 2 heterocycles. The normalized spacial score (nSPS) is 11.2. The van der Waals surface area contributed by atoms with Gasteiger partial charge in [0.1, 0.15) is 11.6 Å². The molecule has 2 aromatic carbocycles. The zero-order valence-electron chi connectivity index (χ0n) is 14.5. The number of nitrogens with one attached hydrogen (secondary N) is 1. The van der Waals surface area contributed by atoms with Crippen molar-refractivity contribution in [2.45, 2.75) is 19.8 Å². The predicted molar refractivity (Wildman–Crippen MR) is 102 cm³/mol. The molecule has 0 radical (unpaired) electrons. The lowest BCUT2D eigenvalue weighted by Gasteiger charge is -2.05. The summed E-state index contributed by atoms with van der Waals surface area (Å²) in [5.41, 5.74) is 4.88. The van der Waals surface area contributed by atoms with Crippen molar-refractivity contribution in [3.05, 3.63) is 64.7 Å². The van der Waals surface area contributed by atoms with Crippen LogP contribution in [0.1, 0.15) is 17.1 Å². The van der Waals surface area contributed by atoms with Crippen LogP contribution in [0.2, 0.25) is 5.02 Å². The summed E-state index contributed by atoms with van der Waals surface area (Å²) in [6.45, 7) is 1.94. The molecule has 0 saturated carbocycles. The third kappa shape index (κ3) is 3.18. The SMILES string of the molecule is COc1ccc(CCc2ncc(-c3ccc4onc(C)c4c3)[nH]2)cc1Cl. The van der Waals surface area contributed by atoms with Gasteiger partial charge in [-0.15, -0.1) is 0 Å². The van der Waals surface area contributed by atoms with E-state index in [0.29, 0.717) is 10.8 Å². The quantitative estimate of drug-likeness (QED) is 0.540. The van der Waals surface area contributed by atoms with Crippen LogP contribution >= 0.6 is 11.6 Å². The highest BCUT2D eigenvalue weighted by molar-refractivity contribution is 6.32. The number of hydrogen-bond donors (Lipinski definition) is 1. The molecule has 0 aliphatic carbocycles. The van der Waals surface area contributed by atoms with Crippen molar-refractivity contribution in [1.29, 1.82) is 0 Å². The van der Waals surface area contributed by atoms with Gasteiger partial charge in [0, 0.05) is 17.4 Å². The average molecular weight is 368 g/mol. The van der Waals surface area contributed by atoms with Crippen molar-refractivity contribution < 1.29 is 9.26 Å². The summed E-state index contributed by atoms with van der Waals surface area (Å²) >= 11 is 6.19. The third-order valence-corrected chi connectivity index (χ3v) is 4.75. The molecule has 0 aliphatic heterocycles. The fourth-order valence-corrected chi connectivity index (χ4v) is 3.27. The highest BCUT2D eigenvalue weighted by atomic mass is 35.5. The Labute approximate surface area is 155 Å². The van der Waals surface area contributed by atoms with Gasteiger partial charge in [-0.2, -0.15) is 0 Å². The van der Waals surface area contributed by atoms with Crippen LogP contribution in [0.25, 0.3) is 22.2 Å². The van der Waals surface area contributed by atoms with Gasteiger partial charge in [0.25, 0.3) is 0 Å². The zero-order chi connectivity index (χ0) is 18.1. The minimum Gasteiger partial charge on any atom is -0.495 e. The summed E-state index contributed by atoms with van der Waals surface area (Å²) in [5, 5.41) is 5.64. The first-order chi connectivity index (χ1) is 12.6. The van der Waals surface area contributed by atoms with Gasteiger partial charge in [0.05, 0.1) is 29.7 Å². The Hall–Kier alpha value is -2.79.